The van der Waals surface area contributed by atoms with E-state index in [4.69, 9.17) is 9.47 Å². The van der Waals surface area contributed by atoms with Crippen molar-refractivity contribution in [3.8, 4) is 11.5 Å². The van der Waals surface area contributed by atoms with Crippen molar-refractivity contribution in [3.05, 3.63) is 18.2 Å². The molecule has 8 nitrogen and oxygen atoms in total. The molecule has 1 heterocycles. The van der Waals surface area contributed by atoms with E-state index >= 15 is 0 Å². The number of anilines is 1. The summed E-state index contributed by atoms with van der Waals surface area (Å²) in [6, 6.07) is 6.11. The van der Waals surface area contributed by atoms with Crippen LogP contribution in [0.1, 0.15) is 27.2 Å². The fourth-order valence-electron chi connectivity index (χ4n) is 3.10. The minimum absolute atomic E-state index is 0. The third-order valence-corrected chi connectivity index (χ3v) is 4.38. The van der Waals surface area contributed by atoms with Crippen LogP contribution in [-0.2, 0) is 4.79 Å². The topological polar surface area (TPSA) is 87.2 Å². The van der Waals surface area contributed by atoms with Gasteiger partial charge in [-0.15, -0.1) is 24.0 Å². The maximum Gasteiger partial charge on any atom is 0.239 e. The summed E-state index contributed by atoms with van der Waals surface area (Å²) < 4.78 is 10.7. The Labute approximate surface area is 190 Å². The van der Waals surface area contributed by atoms with Gasteiger partial charge < -0.3 is 30.3 Å². The van der Waals surface area contributed by atoms with Gasteiger partial charge in [-0.05, 0) is 27.2 Å². The van der Waals surface area contributed by atoms with Crippen LogP contribution in [-0.4, -0.2) is 64.3 Å². The van der Waals surface area contributed by atoms with Crippen molar-refractivity contribution in [3.63, 3.8) is 0 Å². The second-order valence-electron chi connectivity index (χ2n) is 7.87. The van der Waals surface area contributed by atoms with E-state index in [1.165, 1.54) is 0 Å². The molecule has 0 saturated carbocycles. The predicted octanol–water partition coefficient (Wildman–Crippen LogP) is 1.98. The first-order valence-electron chi connectivity index (χ1n) is 9.50. The first-order chi connectivity index (χ1) is 13.2. The number of rotatable bonds is 6. The van der Waals surface area contributed by atoms with E-state index in [1.54, 1.807) is 21.3 Å². The smallest absolute Gasteiger partial charge is 0.239 e. The molecular formula is C20H34IN5O3. The molecule has 3 N–H and O–H groups in total. The third-order valence-electron chi connectivity index (χ3n) is 4.38. The lowest BCUT2D eigenvalue weighted by atomic mass is 10.1. The highest BCUT2D eigenvalue weighted by Crippen LogP contribution is 2.30. The number of aliphatic imine (C=N–C) groups is 1. The number of carbonyl (C=O) groups is 1. The largest absolute Gasteiger partial charge is 0.497 e. The maximum atomic E-state index is 12.0. The van der Waals surface area contributed by atoms with Crippen LogP contribution in [0.15, 0.2) is 23.2 Å². The Morgan fingerprint density at radius 2 is 1.83 bits per heavy atom. The summed E-state index contributed by atoms with van der Waals surface area (Å²) >= 11 is 0. The lowest BCUT2D eigenvalue weighted by Crippen LogP contribution is -2.50. The van der Waals surface area contributed by atoms with Gasteiger partial charge >= 0.3 is 0 Å². The molecule has 1 amide bonds. The molecular weight excluding hydrogens is 485 g/mol. The molecule has 0 spiro atoms. The van der Waals surface area contributed by atoms with Gasteiger partial charge in [0, 0.05) is 55.6 Å². The molecule has 1 saturated heterocycles. The molecule has 29 heavy (non-hydrogen) atoms. The second kappa shape index (κ2) is 11.3. The van der Waals surface area contributed by atoms with Crippen molar-refractivity contribution >= 4 is 41.5 Å². The lowest BCUT2D eigenvalue weighted by Gasteiger charge is -2.22. The van der Waals surface area contributed by atoms with Gasteiger partial charge in [0.1, 0.15) is 11.5 Å². The van der Waals surface area contributed by atoms with Gasteiger partial charge in [-0.1, -0.05) is 0 Å². The Bertz CT molecular complexity index is 684. The number of benzene rings is 1. The highest BCUT2D eigenvalue weighted by atomic mass is 127. The zero-order chi connectivity index (χ0) is 20.7. The lowest BCUT2D eigenvalue weighted by molar-refractivity contribution is -0.121. The Kier molecular flexibility index (Phi) is 9.81. The first kappa shape index (κ1) is 25.1. The Morgan fingerprint density at radius 3 is 2.34 bits per heavy atom. The number of hydrogen-bond donors (Lipinski definition) is 3. The van der Waals surface area contributed by atoms with Crippen molar-refractivity contribution in [1.82, 2.24) is 16.0 Å². The molecule has 0 radical (unpaired) electrons. The van der Waals surface area contributed by atoms with Crippen molar-refractivity contribution in [2.24, 2.45) is 4.99 Å². The number of halogens is 1. The van der Waals surface area contributed by atoms with Gasteiger partial charge in [0.2, 0.25) is 5.91 Å². The molecule has 0 bridgehead atoms. The molecule has 164 valence electrons. The number of amides is 1. The quantitative estimate of drug-likeness (QED) is 0.303. The van der Waals surface area contributed by atoms with Crippen molar-refractivity contribution < 1.29 is 14.3 Å². The summed E-state index contributed by atoms with van der Waals surface area (Å²) in [5.74, 6) is 2.10. The Morgan fingerprint density at radius 1 is 1.21 bits per heavy atom. The van der Waals surface area contributed by atoms with Crippen LogP contribution in [0, 0.1) is 0 Å². The van der Waals surface area contributed by atoms with Gasteiger partial charge in [-0.2, -0.15) is 0 Å². The monoisotopic (exact) mass is 519 g/mol. The van der Waals surface area contributed by atoms with Crippen LogP contribution in [0.5, 0.6) is 11.5 Å². The fraction of sp³-hybridized carbons (Fsp3) is 0.600. The summed E-state index contributed by atoms with van der Waals surface area (Å²) in [6.07, 6.45) is 0.967. The summed E-state index contributed by atoms with van der Waals surface area (Å²) in [6.45, 7) is 7.79. The van der Waals surface area contributed by atoms with Crippen LogP contribution in [0.2, 0.25) is 0 Å². The van der Waals surface area contributed by atoms with Crippen LogP contribution in [0.4, 0.5) is 5.69 Å². The molecule has 1 unspecified atom stereocenters. The molecule has 1 aliphatic heterocycles. The van der Waals surface area contributed by atoms with Crippen LogP contribution in [0.3, 0.4) is 0 Å². The van der Waals surface area contributed by atoms with E-state index in [2.05, 4.69) is 25.8 Å². The number of hydrogen-bond acceptors (Lipinski definition) is 5. The van der Waals surface area contributed by atoms with Crippen molar-refractivity contribution in [2.75, 3.05) is 45.8 Å². The van der Waals surface area contributed by atoms with E-state index in [0.717, 1.165) is 36.7 Å². The molecule has 9 heteroatoms. The van der Waals surface area contributed by atoms with Crippen LogP contribution < -0.4 is 30.3 Å². The molecule has 1 fully saturated rings. The molecule has 0 aliphatic carbocycles. The number of methoxy groups -OCH3 is 2. The zero-order valence-corrected chi connectivity index (χ0v) is 20.5. The number of nitrogens with zero attached hydrogens (tertiary/aromatic N) is 2. The van der Waals surface area contributed by atoms with Crippen LogP contribution in [0.25, 0.3) is 0 Å². The van der Waals surface area contributed by atoms with E-state index in [-0.39, 0.29) is 48.0 Å². The van der Waals surface area contributed by atoms with Gasteiger partial charge in [0.25, 0.3) is 0 Å². The SMILES string of the molecule is CN=C(NCC(=O)NC(C)(C)C)NC1CCN(c2cc(OC)cc(OC)c2)C1.I. The summed E-state index contributed by atoms with van der Waals surface area (Å²) in [5, 5.41) is 9.40. The second-order valence-corrected chi connectivity index (χ2v) is 7.87. The molecule has 1 aliphatic rings. The molecule has 1 aromatic carbocycles. The van der Waals surface area contributed by atoms with Crippen LogP contribution >= 0.6 is 24.0 Å². The first-order valence-corrected chi connectivity index (χ1v) is 9.50. The summed E-state index contributed by atoms with van der Waals surface area (Å²) in [4.78, 5) is 18.5. The average molecular weight is 519 g/mol. The van der Waals surface area contributed by atoms with Gasteiger partial charge in [-0.25, -0.2) is 0 Å². The van der Waals surface area contributed by atoms with Gasteiger partial charge in [0.05, 0.1) is 20.8 Å². The van der Waals surface area contributed by atoms with E-state index in [1.807, 2.05) is 39.0 Å². The van der Waals surface area contributed by atoms with Gasteiger partial charge in [-0.3, -0.25) is 9.79 Å². The molecule has 2 rings (SSSR count). The maximum absolute atomic E-state index is 12.0. The summed E-state index contributed by atoms with van der Waals surface area (Å²) in [7, 11) is 5.01. The van der Waals surface area contributed by atoms with E-state index < -0.39 is 0 Å². The number of guanidine groups is 1. The van der Waals surface area contributed by atoms with Crippen molar-refractivity contribution in [2.45, 2.75) is 38.8 Å². The fourth-order valence-corrected chi connectivity index (χ4v) is 3.10. The Balaban J connectivity index is 0.00000420. The highest BCUT2D eigenvalue weighted by molar-refractivity contribution is 14.0. The third kappa shape index (κ3) is 8.15. The number of ether oxygens (including phenoxy) is 2. The minimum Gasteiger partial charge on any atom is -0.497 e. The predicted molar refractivity (Wildman–Crippen MR) is 128 cm³/mol. The molecule has 1 aromatic rings. The zero-order valence-electron chi connectivity index (χ0n) is 18.2. The van der Waals surface area contributed by atoms with Crippen molar-refractivity contribution in [1.29, 1.82) is 0 Å². The number of nitrogens with one attached hydrogen (secondary N) is 3. The highest BCUT2D eigenvalue weighted by Gasteiger charge is 2.24. The van der Waals surface area contributed by atoms with E-state index in [0.29, 0.717) is 5.96 Å². The molecule has 1 atom stereocenters. The Hall–Kier alpha value is -1.91. The molecule has 0 aromatic heterocycles. The van der Waals surface area contributed by atoms with Gasteiger partial charge in [0.15, 0.2) is 5.96 Å². The standard InChI is InChI=1S/C20H33N5O3.HI/c1-20(2,3)24-18(26)12-22-19(21-4)23-14-7-8-25(13-14)15-9-16(27-5)11-17(10-15)28-6;/h9-11,14H,7-8,12-13H2,1-6H3,(H,24,26)(H2,21,22,23);1H. The number of carbonyl (C=O) groups excluding carboxylic acids is 1. The summed E-state index contributed by atoms with van der Waals surface area (Å²) in [5.41, 5.74) is 0.812. The normalized spacial score (nSPS) is 16.7. The average Bonchev–Trinajstić information content (AvgIpc) is 3.11. The van der Waals surface area contributed by atoms with E-state index in [9.17, 15) is 4.79 Å². The minimum atomic E-state index is -0.251.